The van der Waals surface area contributed by atoms with Crippen molar-refractivity contribution in [1.29, 1.82) is 0 Å². The van der Waals surface area contributed by atoms with E-state index in [9.17, 15) is 0 Å². The molecule has 1 saturated heterocycles. The Morgan fingerprint density at radius 2 is 2.19 bits per heavy atom. The minimum atomic E-state index is 0.243. The van der Waals surface area contributed by atoms with Gasteiger partial charge in [0.05, 0.1) is 5.02 Å². The molecule has 2 N–H and O–H groups in total. The van der Waals surface area contributed by atoms with Crippen molar-refractivity contribution in [1.82, 2.24) is 9.80 Å². The quantitative estimate of drug-likeness (QED) is 0.875. The molecule has 2 rings (SSSR count). The summed E-state index contributed by atoms with van der Waals surface area (Å²) in [5.41, 5.74) is 7.33. The average Bonchev–Trinajstić information content (AvgIpc) is 2.65. The molecule has 0 saturated carbocycles. The van der Waals surface area contributed by atoms with Crippen LogP contribution in [0, 0.1) is 0 Å². The Kier molecular flexibility index (Phi) is 6.51. The molecule has 1 heterocycles. The maximum atomic E-state index is 6.27. The van der Waals surface area contributed by atoms with Crippen molar-refractivity contribution in [3.8, 4) is 0 Å². The molecular weight excluding hydrogens is 350 g/mol. The molecule has 2 atom stereocenters. The summed E-state index contributed by atoms with van der Waals surface area (Å²) in [5, 5.41) is 0.755. The van der Waals surface area contributed by atoms with Crippen LogP contribution in [0.4, 0.5) is 0 Å². The van der Waals surface area contributed by atoms with Crippen LogP contribution in [0.25, 0.3) is 0 Å². The topological polar surface area (TPSA) is 32.5 Å². The predicted molar refractivity (Wildman–Crippen MR) is 93.8 cm³/mol. The minimum Gasteiger partial charge on any atom is -0.329 e. The molecule has 1 aliphatic rings. The Morgan fingerprint density at radius 1 is 1.43 bits per heavy atom. The Bertz CT molecular complexity index is 469. The number of hydrogen-bond donors (Lipinski definition) is 1. The van der Waals surface area contributed by atoms with Gasteiger partial charge in [0.25, 0.3) is 0 Å². The highest BCUT2D eigenvalue weighted by atomic mass is 79.9. The first-order chi connectivity index (χ1) is 10.1. The molecular formula is C16H25BrClN3. The number of nitrogens with two attached hydrogens (primary N) is 1. The maximum absolute atomic E-state index is 6.27. The summed E-state index contributed by atoms with van der Waals surface area (Å²) in [5.74, 6) is 0. The Balaban J connectivity index is 2.27. The molecule has 0 amide bonds. The molecule has 0 radical (unpaired) electrons. The Labute approximate surface area is 141 Å². The van der Waals surface area contributed by atoms with E-state index in [0.29, 0.717) is 12.6 Å². The van der Waals surface area contributed by atoms with Crippen LogP contribution in [0.1, 0.15) is 31.4 Å². The lowest BCUT2D eigenvalue weighted by atomic mass is 10.0. The molecule has 21 heavy (non-hydrogen) atoms. The zero-order chi connectivity index (χ0) is 15.4. The van der Waals surface area contributed by atoms with Gasteiger partial charge in [-0.25, -0.2) is 0 Å². The van der Waals surface area contributed by atoms with Crippen molar-refractivity contribution in [3.05, 3.63) is 33.3 Å². The van der Waals surface area contributed by atoms with Gasteiger partial charge in [-0.1, -0.05) is 24.6 Å². The summed E-state index contributed by atoms with van der Waals surface area (Å²) >= 11 is 9.72. The van der Waals surface area contributed by atoms with Crippen LogP contribution in [0.5, 0.6) is 0 Å². The van der Waals surface area contributed by atoms with Gasteiger partial charge in [-0.05, 0) is 60.1 Å². The second kappa shape index (κ2) is 7.93. The fourth-order valence-corrected chi connectivity index (χ4v) is 3.65. The molecule has 3 nitrogen and oxygen atoms in total. The van der Waals surface area contributed by atoms with Gasteiger partial charge in [-0.2, -0.15) is 0 Å². The number of benzene rings is 1. The van der Waals surface area contributed by atoms with Gasteiger partial charge in [0.15, 0.2) is 0 Å². The standard InChI is InChI=1S/C16H25BrClN3/c1-3-13-11-20(2)7-4-8-21(13)16(10-19)12-5-6-14(17)15(18)9-12/h5-6,9,13,16H,3-4,7-8,10-11,19H2,1-2H3. The summed E-state index contributed by atoms with van der Waals surface area (Å²) in [7, 11) is 2.21. The fraction of sp³-hybridized carbons (Fsp3) is 0.625. The third-order valence-corrected chi connectivity index (χ3v) is 5.60. The normalized spacial score (nSPS) is 23.0. The van der Waals surface area contributed by atoms with Crippen LogP contribution < -0.4 is 5.73 Å². The summed E-state index contributed by atoms with van der Waals surface area (Å²) < 4.78 is 0.936. The highest BCUT2D eigenvalue weighted by molar-refractivity contribution is 9.10. The van der Waals surface area contributed by atoms with Crippen LogP contribution in [0.15, 0.2) is 22.7 Å². The minimum absolute atomic E-state index is 0.243. The molecule has 0 bridgehead atoms. The molecule has 1 fully saturated rings. The van der Waals surface area contributed by atoms with Crippen LogP contribution in [0.3, 0.4) is 0 Å². The molecule has 0 aromatic heterocycles. The molecule has 2 unspecified atom stereocenters. The summed E-state index contributed by atoms with van der Waals surface area (Å²) in [6.45, 7) is 6.25. The fourth-order valence-electron chi connectivity index (χ4n) is 3.22. The van der Waals surface area contributed by atoms with Crippen LogP contribution >= 0.6 is 27.5 Å². The number of rotatable bonds is 4. The lowest BCUT2D eigenvalue weighted by molar-refractivity contribution is 0.131. The van der Waals surface area contributed by atoms with Gasteiger partial charge >= 0.3 is 0 Å². The second-order valence-corrected chi connectivity index (χ2v) is 7.10. The monoisotopic (exact) mass is 373 g/mol. The summed E-state index contributed by atoms with van der Waals surface area (Å²) in [6, 6.07) is 6.99. The lowest BCUT2D eigenvalue weighted by Crippen LogP contribution is -2.44. The first kappa shape index (κ1) is 17.2. The van der Waals surface area contributed by atoms with E-state index < -0.39 is 0 Å². The van der Waals surface area contributed by atoms with Crippen molar-refractivity contribution in [3.63, 3.8) is 0 Å². The lowest BCUT2D eigenvalue weighted by Gasteiger charge is -2.37. The Hall–Kier alpha value is -0.130. The Morgan fingerprint density at radius 3 is 2.81 bits per heavy atom. The zero-order valence-corrected chi connectivity index (χ0v) is 15.2. The first-order valence-corrected chi connectivity index (χ1v) is 8.83. The van der Waals surface area contributed by atoms with Crippen LogP contribution in [-0.2, 0) is 0 Å². The molecule has 118 valence electrons. The second-order valence-electron chi connectivity index (χ2n) is 5.84. The van der Waals surface area contributed by atoms with Crippen molar-refractivity contribution >= 4 is 27.5 Å². The SMILES string of the molecule is CCC1CN(C)CCCN1C(CN)c1ccc(Br)c(Cl)c1. The van der Waals surface area contributed by atoms with E-state index in [0.717, 1.165) is 35.6 Å². The van der Waals surface area contributed by atoms with E-state index in [1.54, 1.807) is 0 Å². The van der Waals surface area contributed by atoms with Gasteiger partial charge in [-0.15, -0.1) is 0 Å². The van der Waals surface area contributed by atoms with Crippen molar-refractivity contribution in [2.45, 2.75) is 31.8 Å². The van der Waals surface area contributed by atoms with Gasteiger partial charge in [0.2, 0.25) is 0 Å². The highest BCUT2D eigenvalue weighted by Gasteiger charge is 2.28. The van der Waals surface area contributed by atoms with E-state index in [-0.39, 0.29) is 6.04 Å². The molecule has 1 aromatic rings. The molecule has 1 aliphatic heterocycles. The van der Waals surface area contributed by atoms with Crippen LogP contribution in [-0.4, -0.2) is 49.1 Å². The van der Waals surface area contributed by atoms with Gasteiger partial charge in [0.1, 0.15) is 0 Å². The van der Waals surface area contributed by atoms with Gasteiger partial charge in [0, 0.05) is 36.2 Å². The smallest absolute Gasteiger partial charge is 0.0551 e. The number of nitrogens with zero attached hydrogens (tertiary/aromatic N) is 2. The van der Waals surface area contributed by atoms with Crippen molar-refractivity contribution in [2.24, 2.45) is 5.73 Å². The summed E-state index contributed by atoms with van der Waals surface area (Å²) in [4.78, 5) is 5.00. The predicted octanol–water partition coefficient (Wildman–Crippen LogP) is 3.52. The van der Waals surface area contributed by atoms with Gasteiger partial charge in [-0.3, -0.25) is 4.90 Å². The molecule has 5 heteroatoms. The van der Waals surface area contributed by atoms with Crippen molar-refractivity contribution < 1.29 is 0 Å². The highest BCUT2D eigenvalue weighted by Crippen LogP contribution is 2.30. The largest absolute Gasteiger partial charge is 0.329 e. The van der Waals surface area contributed by atoms with Gasteiger partial charge < -0.3 is 10.6 Å². The van der Waals surface area contributed by atoms with Crippen molar-refractivity contribution in [2.75, 3.05) is 33.2 Å². The molecule has 0 aliphatic carbocycles. The first-order valence-electron chi connectivity index (χ1n) is 7.66. The third-order valence-electron chi connectivity index (χ3n) is 4.37. The van der Waals surface area contributed by atoms with E-state index >= 15 is 0 Å². The average molecular weight is 375 g/mol. The zero-order valence-electron chi connectivity index (χ0n) is 12.9. The number of halogens is 2. The van der Waals surface area contributed by atoms with E-state index in [2.05, 4.69) is 45.8 Å². The van der Waals surface area contributed by atoms with E-state index in [1.807, 2.05) is 12.1 Å². The van der Waals surface area contributed by atoms with E-state index in [4.69, 9.17) is 17.3 Å². The van der Waals surface area contributed by atoms with E-state index in [1.165, 1.54) is 12.0 Å². The number of hydrogen-bond acceptors (Lipinski definition) is 3. The van der Waals surface area contributed by atoms with Crippen LogP contribution in [0.2, 0.25) is 5.02 Å². The maximum Gasteiger partial charge on any atom is 0.0551 e. The molecule has 0 spiro atoms. The molecule has 1 aromatic carbocycles. The third kappa shape index (κ3) is 4.20. The summed E-state index contributed by atoms with van der Waals surface area (Å²) in [6.07, 6.45) is 2.33. The number of likely N-dealkylation sites (N-methyl/N-ethyl adjacent to an activating group) is 1.